The molecule has 1 aliphatic carbocycles. The normalized spacial score (nSPS) is 16.4. The highest BCUT2D eigenvalue weighted by Gasteiger charge is 2.23. The minimum Gasteiger partial charge on any atom is -0.383 e. The molecule has 7 nitrogen and oxygen atoms in total. The van der Waals surface area contributed by atoms with E-state index < -0.39 is 6.03 Å². The number of nitrogens with zero attached hydrogens (tertiary/aromatic N) is 2. The van der Waals surface area contributed by atoms with Crippen molar-refractivity contribution in [2.75, 3.05) is 18.0 Å². The van der Waals surface area contributed by atoms with Gasteiger partial charge in [-0.15, -0.1) is 11.3 Å². The van der Waals surface area contributed by atoms with Crippen LogP contribution in [0.1, 0.15) is 37.6 Å². The lowest BCUT2D eigenvalue weighted by Gasteiger charge is -2.17. The monoisotopic (exact) mass is 407 g/mol. The topological polar surface area (TPSA) is 110 Å². The van der Waals surface area contributed by atoms with Crippen molar-refractivity contribution >= 4 is 51.1 Å². The van der Waals surface area contributed by atoms with E-state index >= 15 is 0 Å². The van der Waals surface area contributed by atoms with E-state index in [1.807, 2.05) is 13.8 Å². The summed E-state index contributed by atoms with van der Waals surface area (Å²) in [7, 11) is 0. The first-order chi connectivity index (χ1) is 12.8. The molecular formula is C18H25N5O2S2. The van der Waals surface area contributed by atoms with Crippen molar-refractivity contribution in [3.8, 4) is 0 Å². The van der Waals surface area contributed by atoms with Crippen LogP contribution in [0, 0.1) is 11.8 Å². The van der Waals surface area contributed by atoms with Crippen molar-refractivity contribution in [1.82, 2.24) is 20.6 Å². The van der Waals surface area contributed by atoms with E-state index in [2.05, 4.69) is 27.5 Å². The molecular weight excluding hydrogens is 382 g/mol. The number of nitrogen functional groups attached to an aromatic ring is 1. The Bertz CT molecular complexity index is 865. The summed E-state index contributed by atoms with van der Waals surface area (Å²) in [5.74, 6) is 1.15. The Balaban J connectivity index is 1.64. The van der Waals surface area contributed by atoms with Gasteiger partial charge in [-0.25, -0.2) is 14.8 Å². The molecule has 0 bridgehead atoms. The maximum absolute atomic E-state index is 11.9. The second-order valence-electron chi connectivity index (χ2n) is 7.36. The van der Waals surface area contributed by atoms with Crippen LogP contribution in [-0.2, 0) is 17.6 Å². The van der Waals surface area contributed by atoms with E-state index in [9.17, 15) is 9.59 Å². The predicted molar refractivity (Wildman–Crippen MR) is 110 cm³/mol. The van der Waals surface area contributed by atoms with Gasteiger partial charge < -0.3 is 11.1 Å². The number of carbonyl (C=O) groups is 2. The fraction of sp³-hybridized carbons (Fsp3) is 0.556. The number of nitrogens with two attached hydrogens (primary N) is 1. The van der Waals surface area contributed by atoms with Crippen molar-refractivity contribution < 1.29 is 9.59 Å². The maximum atomic E-state index is 11.9. The SMILES string of the molecule is CC(C)CNC(=O)NC(=O)CSc1nc(N)c2c3c(sc2n1)CC(C)CC3. The van der Waals surface area contributed by atoms with E-state index in [0.717, 1.165) is 29.5 Å². The van der Waals surface area contributed by atoms with Gasteiger partial charge in [0.1, 0.15) is 10.6 Å². The Morgan fingerprint density at radius 2 is 2.15 bits per heavy atom. The lowest BCUT2D eigenvalue weighted by Crippen LogP contribution is -2.41. The minimum atomic E-state index is -0.481. The number of aryl methyl sites for hydroxylation is 1. The quantitative estimate of drug-likeness (QED) is 0.519. The molecule has 4 N–H and O–H groups in total. The number of rotatable bonds is 5. The molecule has 1 atom stereocenters. The van der Waals surface area contributed by atoms with Crippen molar-refractivity contribution in [3.63, 3.8) is 0 Å². The molecule has 0 saturated carbocycles. The Morgan fingerprint density at radius 1 is 1.37 bits per heavy atom. The lowest BCUT2D eigenvalue weighted by atomic mass is 9.89. The number of nitrogens with one attached hydrogen (secondary N) is 2. The first-order valence-electron chi connectivity index (χ1n) is 9.11. The van der Waals surface area contributed by atoms with E-state index in [1.165, 1.54) is 22.2 Å². The number of hydrogen-bond acceptors (Lipinski definition) is 7. The molecule has 2 aromatic rings. The number of anilines is 1. The number of amides is 3. The number of aromatic nitrogens is 2. The average molecular weight is 408 g/mol. The van der Waals surface area contributed by atoms with E-state index in [1.54, 1.807) is 11.3 Å². The highest BCUT2D eigenvalue weighted by Crippen LogP contribution is 2.39. The fourth-order valence-electron chi connectivity index (χ4n) is 3.05. The van der Waals surface area contributed by atoms with Crippen LogP contribution in [0.15, 0.2) is 5.16 Å². The third-order valence-corrected chi connectivity index (χ3v) is 6.41. The highest BCUT2D eigenvalue weighted by atomic mass is 32.2. The zero-order valence-corrected chi connectivity index (χ0v) is 17.4. The van der Waals surface area contributed by atoms with Crippen LogP contribution in [-0.4, -0.2) is 34.2 Å². The van der Waals surface area contributed by atoms with Gasteiger partial charge in [0.15, 0.2) is 5.16 Å². The number of hydrogen-bond donors (Lipinski definition) is 3. The Kier molecular flexibility index (Phi) is 6.21. The zero-order chi connectivity index (χ0) is 19.6. The zero-order valence-electron chi connectivity index (χ0n) is 15.8. The van der Waals surface area contributed by atoms with Gasteiger partial charge in [-0.2, -0.15) is 0 Å². The van der Waals surface area contributed by atoms with Crippen molar-refractivity contribution in [2.45, 2.75) is 45.2 Å². The summed E-state index contributed by atoms with van der Waals surface area (Å²) in [6.07, 6.45) is 3.24. The van der Waals surface area contributed by atoms with Crippen LogP contribution in [0.2, 0.25) is 0 Å². The first kappa shape index (κ1) is 19.9. The van der Waals surface area contributed by atoms with Crippen LogP contribution in [0.25, 0.3) is 10.2 Å². The number of fused-ring (bicyclic) bond motifs is 3. The molecule has 146 valence electrons. The summed E-state index contributed by atoms with van der Waals surface area (Å²) in [5.41, 5.74) is 7.49. The second kappa shape index (κ2) is 8.43. The third-order valence-electron chi connectivity index (χ3n) is 4.42. The average Bonchev–Trinajstić information content (AvgIpc) is 2.95. The van der Waals surface area contributed by atoms with Gasteiger partial charge in [0.25, 0.3) is 0 Å². The van der Waals surface area contributed by atoms with Gasteiger partial charge in [0, 0.05) is 11.4 Å². The smallest absolute Gasteiger partial charge is 0.321 e. The molecule has 2 aromatic heterocycles. The minimum absolute atomic E-state index is 0.0577. The maximum Gasteiger partial charge on any atom is 0.321 e. The number of carbonyl (C=O) groups excluding carboxylic acids is 2. The molecule has 0 spiro atoms. The Labute approximate surface area is 166 Å². The summed E-state index contributed by atoms with van der Waals surface area (Å²) in [6.45, 7) is 6.75. The predicted octanol–water partition coefficient (Wildman–Crippen LogP) is 2.97. The third kappa shape index (κ3) is 4.90. The van der Waals surface area contributed by atoms with E-state index in [-0.39, 0.29) is 11.7 Å². The molecule has 0 fully saturated rings. The summed E-state index contributed by atoms with van der Waals surface area (Å²) in [4.78, 5) is 34.8. The summed E-state index contributed by atoms with van der Waals surface area (Å²) in [6, 6.07) is -0.481. The molecule has 0 aliphatic heterocycles. The van der Waals surface area contributed by atoms with Crippen LogP contribution < -0.4 is 16.4 Å². The van der Waals surface area contributed by atoms with Gasteiger partial charge in [-0.1, -0.05) is 32.5 Å². The van der Waals surface area contributed by atoms with Crippen LogP contribution in [0.4, 0.5) is 10.6 Å². The van der Waals surface area contributed by atoms with Crippen molar-refractivity contribution in [3.05, 3.63) is 10.4 Å². The molecule has 3 rings (SSSR count). The second-order valence-corrected chi connectivity index (χ2v) is 9.39. The highest BCUT2D eigenvalue weighted by molar-refractivity contribution is 7.99. The summed E-state index contributed by atoms with van der Waals surface area (Å²) in [5, 5.41) is 6.39. The molecule has 0 aromatic carbocycles. The van der Waals surface area contributed by atoms with Gasteiger partial charge >= 0.3 is 6.03 Å². The molecule has 9 heteroatoms. The number of imide groups is 1. The van der Waals surface area contributed by atoms with Gasteiger partial charge in [-0.3, -0.25) is 10.1 Å². The van der Waals surface area contributed by atoms with Gasteiger partial charge in [-0.05, 0) is 36.7 Å². The Morgan fingerprint density at radius 3 is 2.89 bits per heavy atom. The molecule has 1 aliphatic rings. The van der Waals surface area contributed by atoms with Gasteiger partial charge in [0.2, 0.25) is 5.91 Å². The van der Waals surface area contributed by atoms with E-state index in [4.69, 9.17) is 5.73 Å². The fourth-order valence-corrected chi connectivity index (χ4v) is 5.15. The van der Waals surface area contributed by atoms with Crippen LogP contribution >= 0.6 is 23.1 Å². The first-order valence-corrected chi connectivity index (χ1v) is 10.9. The molecule has 2 heterocycles. The van der Waals surface area contributed by atoms with Crippen LogP contribution in [0.3, 0.4) is 0 Å². The largest absolute Gasteiger partial charge is 0.383 e. The Hall–Kier alpha value is -1.87. The molecule has 0 radical (unpaired) electrons. The summed E-state index contributed by atoms with van der Waals surface area (Å²) < 4.78 is 0. The number of urea groups is 1. The van der Waals surface area contributed by atoms with E-state index in [0.29, 0.717) is 29.4 Å². The molecule has 1 unspecified atom stereocenters. The summed E-state index contributed by atoms with van der Waals surface area (Å²) >= 11 is 2.86. The molecule has 3 amide bonds. The van der Waals surface area contributed by atoms with Crippen molar-refractivity contribution in [1.29, 1.82) is 0 Å². The lowest BCUT2D eigenvalue weighted by molar-refractivity contribution is -0.117. The van der Waals surface area contributed by atoms with Gasteiger partial charge in [0.05, 0.1) is 11.1 Å². The molecule has 27 heavy (non-hydrogen) atoms. The van der Waals surface area contributed by atoms with Crippen molar-refractivity contribution in [2.24, 2.45) is 11.8 Å². The molecule has 0 saturated heterocycles. The standard InChI is InChI=1S/C18H25N5O2S2/c1-9(2)7-20-17(25)21-13(24)8-26-18-22-15(19)14-11-5-4-10(3)6-12(11)27-16(14)23-18/h9-10H,4-8H2,1-3H3,(H2,19,22,23)(H2,20,21,24,25). The van der Waals surface area contributed by atoms with Crippen LogP contribution in [0.5, 0.6) is 0 Å². The number of thioether (sulfide) groups is 1. The number of thiophene rings is 1.